The van der Waals surface area contributed by atoms with Gasteiger partial charge in [0.2, 0.25) is 0 Å². The minimum absolute atomic E-state index is 0. The number of benzene rings is 1. The van der Waals surface area contributed by atoms with E-state index in [1.54, 1.807) is 12.1 Å². The number of ether oxygens (including phenoxy) is 1. The monoisotopic (exact) mass is 274 g/mol. The maximum atomic E-state index is 13.5. The predicted octanol–water partition coefficient (Wildman–Crippen LogP) is 2.04. The summed E-state index contributed by atoms with van der Waals surface area (Å²) in [5.74, 6) is 0.604. The third kappa shape index (κ3) is 3.57. The highest BCUT2D eigenvalue weighted by Gasteiger charge is 2.21. The van der Waals surface area contributed by atoms with Crippen molar-refractivity contribution < 1.29 is 9.13 Å². The van der Waals surface area contributed by atoms with E-state index < -0.39 is 0 Å². The molecule has 1 atom stereocenters. The van der Waals surface area contributed by atoms with Crippen molar-refractivity contribution in [2.75, 3.05) is 26.7 Å². The zero-order valence-corrected chi connectivity index (χ0v) is 11.4. The Morgan fingerprint density at radius 2 is 2.28 bits per heavy atom. The molecule has 1 unspecified atom stereocenters. The molecule has 1 fully saturated rings. The minimum Gasteiger partial charge on any atom is -0.494 e. The van der Waals surface area contributed by atoms with Crippen molar-refractivity contribution in [1.29, 1.82) is 0 Å². The van der Waals surface area contributed by atoms with Gasteiger partial charge in [-0.1, -0.05) is 6.07 Å². The van der Waals surface area contributed by atoms with Crippen molar-refractivity contribution in [2.45, 2.75) is 13.0 Å². The molecule has 0 radical (unpaired) electrons. The second-order valence-corrected chi connectivity index (χ2v) is 4.59. The summed E-state index contributed by atoms with van der Waals surface area (Å²) in [5, 5.41) is 0. The van der Waals surface area contributed by atoms with Crippen LogP contribution in [0.4, 0.5) is 4.39 Å². The fourth-order valence-electron chi connectivity index (χ4n) is 2.32. The molecule has 1 aliphatic rings. The molecule has 1 aromatic carbocycles. The first-order valence-electron chi connectivity index (χ1n) is 5.97. The molecule has 2 N–H and O–H groups in total. The fraction of sp³-hybridized carbons (Fsp3) is 0.538. The molecule has 1 aliphatic heterocycles. The molecule has 18 heavy (non-hydrogen) atoms. The zero-order chi connectivity index (χ0) is 12.3. The summed E-state index contributed by atoms with van der Waals surface area (Å²) in [4.78, 5) is 2.32. The Morgan fingerprint density at radius 3 is 2.83 bits per heavy atom. The Balaban J connectivity index is 0.00000162. The van der Waals surface area contributed by atoms with Crippen molar-refractivity contribution >= 4 is 12.4 Å². The third-order valence-electron chi connectivity index (χ3n) is 3.33. The highest BCUT2D eigenvalue weighted by molar-refractivity contribution is 5.85. The number of likely N-dealkylation sites (tertiary alicyclic amines) is 1. The molecule has 102 valence electrons. The van der Waals surface area contributed by atoms with Gasteiger partial charge in [-0.05, 0) is 43.1 Å². The number of hydrogen-bond donors (Lipinski definition) is 1. The van der Waals surface area contributed by atoms with Crippen LogP contribution in [-0.4, -0.2) is 31.6 Å². The quantitative estimate of drug-likeness (QED) is 0.913. The number of nitrogens with zero attached hydrogens (tertiary/aromatic N) is 1. The van der Waals surface area contributed by atoms with E-state index in [0.29, 0.717) is 11.7 Å². The molecular weight excluding hydrogens is 255 g/mol. The van der Waals surface area contributed by atoms with E-state index in [4.69, 9.17) is 10.5 Å². The van der Waals surface area contributed by atoms with E-state index in [1.165, 1.54) is 7.11 Å². The van der Waals surface area contributed by atoms with Crippen LogP contribution in [0.5, 0.6) is 5.75 Å². The Bertz CT molecular complexity index is 389. The molecule has 0 aliphatic carbocycles. The zero-order valence-electron chi connectivity index (χ0n) is 10.6. The molecule has 0 saturated carbocycles. The van der Waals surface area contributed by atoms with E-state index in [1.807, 2.05) is 6.07 Å². The van der Waals surface area contributed by atoms with Crippen LogP contribution in [0.1, 0.15) is 12.0 Å². The molecule has 1 aromatic rings. The first kappa shape index (κ1) is 15.2. The first-order chi connectivity index (χ1) is 8.22. The minimum atomic E-state index is -0.292. The summed E-state index contributed by atoms with van der Waals surface area (Å²) in [6.07, 6.45) is 1.15. The van der Waals surface area contributed by atoms with Gasteiger partial charge in [0.25, 0.3) is 0 Å². The Morgan fingerprint density at radius 1 is 1.50 bits per heavy atom. The van der Waals surface area contributed by atoms with E-state index in [2.05, 4.69) is 4.90 Å². The molecule has 3 nitrogen and oxygen atoms in total. The summed E-state index contributed by atoms with van der Waals surface area (Å²) in [6, 6.07) is 5.15. The lowest BCUT2D eigenvalue weighted by atomic mass is 10.1. The van der Waals surface area contributed by atoms with E-state index in [-0.39, 0.29) is 18.2 Å². The molecular formula is C13H20ClFN2O. The fourth-order valence-corrected chi connectivity index (χ4v) is 2.32. The van der Waals surface area contributed by atoms with Crippen LogP contribution in [0.25, 0.3) is 0 Å². The standard InChI is InChI=1S/C13H19FN2O.ClH/c1-17-13-3-2-10(6-12(13)14)8-16-5-4-11(7-15)9-16;/h2-3,6,11H,4-5,7-9,15H2,1H3;1H. The van der Waals surface area contributed by atoms with Crippen molar-refractivity contribution in [1.82, 2.24) is 4.90 Å². The van der Waals surface area contributed by atoms with Gasteiger partial charge in [0, 0.05) is 13.1 Å². The van der Waals surface area contributed by atoms with Crippen LogP contribution in [0.2, 0.25) is 0 Å². The lowest BCUT2D eigenvalue weighted by Gasteiger charge is -2.16. The summed E-state index contributed by atoms with van der Waals surface area (Å²) in [6.45, 7) is 3.60. The largest absolute Gasteiger partial charge is 0.494 e. The summed E-state index contributed by atoms with van der Waals surface area (Å²) >= 11 is 0. The summed E-state index contributed by atoms with van der Waals surface area (Å²) in [7, 11) is 1.48. The lowest BCUT2D eigenvalue weighted by Crippen LogP contribution is -2.22. The Hall–Kier alpha value is -0.840. The van der Waals surface area contributed by atoms with Crippen LogP contribution in [0.15, 0.2) is 18.2 Å². The Labute approximate surface area is 114 Å². The van der Waals surface area contributed by atoms with E-state index >= 15 is 0 Å². The van der Waals surface area contributed by atoms with Crippen molar-refractivity contribution in [3.05, 3.63) is 29.6 Å². The molecule has 0 bridgehead atoms. The third-order valence-corrected chi connectivity index (χ3v) is 3.33. The second kappa shape index (κ2) is 6.92. The lowest BCUT2D eigenvalue weighted by molar-refractivity contribution is 0.316. The van der Waals surface area contributed by atoms with Gasteiger partial charge in [0.1, 0.15) is 0 Å². The SMILES string of the molecule is COc1ccc(CN2CCC(CN)C2)cc1F.Cl. The first-order valence-corrected chi connectivity index (χ1v) is 5.97. The van der Waals surface area contributed by atoms with Gasteiger partial charge in [0.15, 0.2) is 11.6 Å². The molecule has 0 amide bonds. The second-order valence-electron chi connectivity index (χ2n) is 4.59. The van der Waals surface area contributed by atoms with Crippen molar-refractivity contribution in [2.24, 2.45) is 11.7 Å². The number of nitrogens with two attached hydrogens (primary N) is 1. The molecule has 1 saturated heterocycles. The maximum absolute atomic E-state index is 13.5. The summed E-state index contributed by atoms with van der Waals surface area (Å²) in [5.41, 5.74) is 6.64. The van der Waals surface area contributed by atoms with Gasteiger partial charge >= 0.3 is 0 Å². The predicted molar refractivity (Wildman–Crippen MR) is 72.6 cm³/mol. The van der Waals surface area contributed by atoms with Gasteiger partial charge in [-0.25, -0.2) is 4.39 Å². The number of rotatable bonds is 4. The normalized spacial score (nSPS) is 19.6. The molecule has 0 spiro atoms. The topological polar surface area (TPSA) is 38.5 Å². The highest BCUT2D eigenvalue weighted by atomic mass is 35.5. The molecule has 0 aromatic heterocycles. The van der Waals surface area contributed by atoms with E-state index in [0.717, 1.165) is 38.2 Å². The van der Waals surface area contributed by atoms with Crippen molar-refractivity contribution in [3.8, 4) is 5.75 Å². The van der Waals surface area contributed by atoms with Crippen LogP contribution in [-0.2, 0) is 6.54 Å². The number of halogens is 2. The van der Waals surface area contributed by atoms with Crippen LogP contribution < -0.4 is 10.5 Å². The van der Waals surface area contributed by atoms with Gasteiger partial charge in [-0.15, -0.1) is 12.4 Å². The molecule has 1 heterocycles. The van der Waals surface area contributed by atoms with Gasteiger partial charge in [0.05, 0.1) is 7.11 Å². The van der Waals surface area contributed by atoms with Crippen LogP contribution >= 0.6 is 12.4 Å². The van der Waals surface area contributed by atoms with E-state index in [9.17, 15) is 4.39 Å². The highest BCUT2D eigenvalue weighted by Crippen LogP contribution is 2.21. The molecule has 2 rings (SSSR count). The Kier molecular flexibility index (Phi) is 5.85. The maximum Gasteiger partial charge on any atom is 0.165 e. The van der Waals surface area contributed by atoms with Crippen LogP contribution in [0.3, 0.4) is 0 Å². The van der Waals surface area contributed by atoms with Gasteiger partial charge < -0.3 is 10.5 Å². The average Bonchev–Trinajstić information content (AvgIpc) is 2.77. The average molecular weight is 275 g/mol. The summed E-state index contributed by atoms with van der Waals surface area (Å²) < 4.78 is 18.4. The number of methoxy groups -OCH3 is 1. The van der Waals surface area contributed by atoms with Crippen LogP contribution in [0, 0.1) is 11.7 Å². The van der Waals surface area contributed by atoms with Gasteiger partial charge in [-0.3, -0.25) is 4.90 Å². The molecule has 5 heteroatoms. The van der Waals surface area contributed by atoms with Crippen molar-refractivity contribution in [3.63, 3.8) is 0 Å². The van der Waals surface area contributed by atoms with Gasteiger partial charge in [-0.2, -0.15) is 0 Å². The smallest absolute Gasteiger partial charge is 0.165 e. The number of hydrogen-bond acceptors (Lipinski definition) is 3.